The summed E-state index contributed by atoms with van der Waals surface area (Å²) in [5, 5.41) is 11.6. The first kappa shape index (κ1) is 15.6. The van der Waals surface area contributed by atoms with E-state index in [2.05, 4.69) is 15.7 Å². The van der Waals surface area contributed by atoms with Gasteiger partial charge in [0.05, 0.1) is 18.5 Å². The third-order valence-electron chi connectivity index (χ3n) is 2.96. The Morgan fingerprint density at radius 1 is 1.48 bits per heavy atom. The molecular weight excluding hydrogens is 308 g/mol. The first-order valence-electron chi connectivity index (χ1n) is 6.37. The summed E-state index contributed by atoms with van der Waals surface area (Å²) >= 11 is 11.3. The highest BCUT2D eigenvalue weighted by Gasteiger charge is 2.07. The number of ether oxygens (including phenoxy) is 1. The Kier molecular flexibility index (Phi) is 5.03. The van der Waals surface area contributed by atoms with Gasteiger partial charge in [-0.3, -0.25) is 4.68 Å². The Morgan fingerprint density at radius 2 is 2.24 bits per heavy atom. The van der Waals surface area contributed by atoms with Gasteiger partial charge in [0.25, 0.3) is 0 Å². The second-order valence-electron chi connectivity index (χ2n) is 4.57. The van der Waals surface area contributed by atoms with E-state index in [0.29, 0.717) is 22.4 Å². The average molecular weight is 325 g/mol. The summed E-state index contributed by atoms with van der Waals surface area (Å²) in [6, 6.07) is 5.32. The maximum absolute atomic E-state index is 5.98. The molecule has 1 aromatic carbocycles. The van der Waals surface area contributed by atoms with Crippen LogP contribution in [-0.4, -0.2) is 22.0 Å². The molecule has 1 aromatic heterocycles. The molecular formula is C14H17ClN4OS. The maximum atomic E-state index is 5.98. The fourth-order valence-electron chi connectivity index (χ4n) is 1.94. The number of hydrogen-bond acceptors (Lipinski definition) is 3. The molecule has 0 fully saturated rings. The molecule has 0 aliphatic rings. The molecule has 2 aromatic rings. The predicted octanol–water partition coefficient (Wildman–Crippen LogP) is 2.88. The van der Waals surface area contributed by atoms with Crippen LogP contribution < -0.4 is 15.4 Å². The largest absolute Gasteiger partial charge is 0.495 e. The van der Waals surface area contributed by atoms with Gasteiger partial charge < -0.3 is 15.4 Å². The molecule has 1 heterocycles. The Hall–Kier alpha value is -1.79. The highest BCUT2D eigenvalue weighted by atomic mass is 35.5. The van der Waals surface area contributed by atoms with E-state index in [-0.39, 0.29) is 0 Å². The predicted molar refractivity (Wildman–Crippen MR) is 89.0 cm³/mol. The van der Waals surface area contributed by atoms with E-state index in [1.54, 1.807) is 30.0 Å². The van der Waals surface area contributed by atoms with Crippen LogP contribution in [0, 0.1) is 6.92 Å². The molecule has 7 heteroatoms. The van der Waals surface area contributed by atoms with E-state index >= 15 is 0 Å². The van der Waals surface area contributed by atoms with Gasteiger partial charge in [0.15, 0.2) is 5.11 Å². The van der Waals surface area contributed by atoms with Crippen molar-refractivity contribution in [3.8, 4) is 5.75 Å². The molecule has 2 rings (SSSR count). The molecule has 0 radical (unpaired) electrons. The molecule has 0 amide bonds. The van der Waals surface area contributed by atoms with Crippen molar-refractivity contribution in [3.05, 3.63) is 40.7 Å². The van der Waals surface area contributed by atoms with Gasteiger partial charge in [0, 0.05) is 30.4 Å². The zero-order valence-corrected chi connectivity index (χ0v) is 13.7. The molecule has 0 atom stereocenters. The quantitative estimate of drug-likeness (QED) is 0.847. The van der Waals surface area contributed by atoms with Gasteiger partial charge in [-0.05, 0) is 37.3 Å². The SMILES string of the molecule is COc1ccc(Cl)cc1NC(=S)NCc1cn(C)nc1C. The Morgan fingerprint density at radius 3 is 2.86 bits per heavy atom. The molecule has 0 spiro atoms. The number of thiocarbonyl (C=S) groups is 1. The zero-order valence-electron chi connectivity index (χ0n) is 12.1. The average Bonchev–Trinajstić information content (AvgIpc) is 2.75. The fraction of sp³-hybridized carbons (Fsp3) is 0.286. The summed E-state index contributed by atoms with van der Waals surface area (Å²) in [7, 11) is 3.49. The zero-order chi connectivity index (χ0) is 15.4. The lowest BCUT2D eigenvalue weighted by atomic mass is 10.2. The number of nitrogens with one attached hydrogen (secondary N) is 2. The summed E-state index contributed by atoms with van der Waals surface area (Å²) in [4.78, 5) is 0. The van der Waals surface area contributed by atoms with Crippen LogP contribution in [0.2, 0.25) is 5.02 Å². The summed E-state index contributed by atoms with van der Waals surface area (Å²) in [6.07, 6.45) is 1.96. The Labute approximate surface area is 134 Å². The minimum absolute atomic E-state index is 0.499. The molecule has 0 aliphatic carbocycles. The smallest absolute Gasteiger partial charge is 0.171 e. The van der Waals surface area contributed by atoms with E-state index in [9.17, 15) is 0 Å². The van der Waals surface area contributed by atoms with Gasteiger partial charge in [-0.1, -0.05) is 11.6 Å². The lowest BCUT2D eigenvalue weighted by Crippen LogP contribution is -2.28. The second-order valence-corrected chi connectivity index (χ2v) is 5.41. The molecule has 0 aliphatic heterocycles. The molecule has 5 nitrogen and oxygen atoms in total. The first-order valence-corrected chi connectivity index (χ1v) is 7.15. The van der Waals surface area contributed by atoms with Crippen molar-refractivity contribution in [2.45, 2.75) is 13.5 Å². The van der Waals surface area contributed by atoms with Crippen molar-refractivity contribution >= 4 is 34.6 Å². The number of anilines is 1. The van der Waals surface area contributed by atoms with E-state index in [1.807, 2.05) is 20.2 Å². The van der Waals surface area contributed by atoms with Crippen LogP contribution in [0.5, 0.6) is 5.75 Å². The van der Waals surface area contributed by atoms with Crippen LogP contribution in [0.4, 0.5) is 5.69 Å². The van der Waals surface area contributed by atoms with Gasteiger partial charge >= 0.3 is 0 Å². The number of aromatic nitrogens is 2. The number of methoxy groups -OCH3 is 1. The van der Waals surface area contributed by atoms with Gasteiger partial charge in [0.1, 0.15) is 5.75 Å². The number of halogens is 1. The van der Waals surface area contributed by atoms with Gasteiger partial charge in [-0.15, -0.1) is 0 Å². The highest BCUT2D eigenvalue weighted by Crippen LogP contribution is 2.27. The number of rotatable bonds is 4. The summed E-state index contributed by atoms with van der Waals surface area (Å²) in [5.74, 6) is 0.682. The Bertz CT molecular complexity index is 656. The standard InChI is InChI=1S/C14H17ClN4OS/c1-9-10(8-19(2)18-9)7-16-14(21)17-12-6-11(15)4-5-13(12)20-3/h4-6,8H,7H2,1-3H3,(H2,16,17,21). The lowest BCUT2D eigenvalue weighted by Gasteiger charge is -2.13. The molecule has 0 saturated heterocycles. The maximum Gasteiger partial charge on any atom is 0.171 e. The van der Waals surface area contributed by atoms with Crippen molar-refractivity contribution in [2.24, 2.45) is 7.05 Å². The van der Waals surface area contributed by atoms with Crippen molar-refractivity contribution in [1.82, 2.24) is 15.1 Å². The van der Waals surface area contributed by atoms with Crippen molar-refractivity contribution in [1.29, 1.82) is 0 Å². The minimum Gasteiger partial charge on any atom is -0.495 e. The molecule has 0 saturated carbocycles. The number of hydrogen-bond donors (Lipinski definition) is 2. The normalized spacial score (nSPS) is 10.3. The van der Waals surface area contributed by atoms with E-state index in [0.717, 1.165) is 16.9 Å². The second kappa shape index (κ2) is 6.78. The van der Waals surface area contributed by atoms with Crippen molar-refractivity contribution in [2.75, 3.05) is 12.4 Å². The van der Waals surface area contributed by atoms with Crippen LogP contribution in [0.25, 0.3) is 0 Å². The molecule has 2 N–H and O–H groups in total. The van der Waals surface area contributed by atoms with Crippen molar-refractivity contribution < 1.29 is 4.74 Å². The third kappa shape index (κ3) is 4.09. The van der Waals surface area contributed by atoms with Crippen LogP contribution in [0.15, 0.2) is 24.4 Å². The fourth-order valence-corrected chi connectivity index (χ4v) is 2.30. The monoisotopic (exact) mass is 324 g/mol. The summed E-state index contributed by atoms with van der Waals surface area (Å²) in [5.41, 5.74) is 2.80. The van der Waals surface area contributed by atoms with Gasteiger partial charge in [0.2, 0.25) is 0 Å². The van der Waals surface area contributed by atoms with E-state index in [1.165, 1.54) is 0 Å². The molecule has 112 valence electrons. The third-order valence-corrected chi connectivity index (χ3v) is 3.45. The molecule has 21 heavy (non-hydrogen) atoms. The number of benzene rings is 1. The topological polar surface area (TPSA) is 51.1 Å². The Balaban J connectivity index is 1.99. The van der Waals surface area contributed by atoms with E-state index in [4.69, 9.17) is 28.6 Å². The van der Waals surface area contributed by atoms with Gasteiger partial charge in [-0.25, -0.2) is 0 Å². The summed E-state index contributed by atoms with van der Waals surface area (Å²) < 4.78 is 7.05. The first-order chi connectivity index (χ1) is 9.99. The number of aryl methyl sites for hydroxylation is 2. The van der Waals surface area contributed by atoms with Crippen molar-refractivity contribution in [3.63, 3.8) is 0 Å². The van der Waals surface area contributed by atoms with Gasteiger partial charge in [-0.2, -0.15) is 5.10 Å². The van der Waals surface area contributed by atoms with E-state index < -0.39 is 0 Å². The van der Waals surface area contributed by atoms with Crippen LogP contribution in [0.1, 0.15) is 11.3 Å². The van der Waals surface area contributed by atoms with Crippen LogP contribution in [0.3, 0.4) is 0 Å². The number of nitrogens with zero attached hydrogens (tertiary/aromatic N) is 2. The minimum atomic E-state index is 0.499. The molecule has 0 bridgehead atoms. The molecule has 0 unspecified atom stereocenters. The summed E-state index contributed by atoms with van der Waals surface area (Å²) in [6.45, 7) is 2.57. The highest BCUT2D eigenvalue weighted by molar-refractivity contribution is 7.80. The van der Waals surface area contributed by atoms with Crippen LogP contribution in [-0.2, 0) is 13.6 Å². The van der Waals surface area contributed by atoms with Crippen LogP contribution >= 0.6 is 23.8 Å². The lowest BCUT2D eigenvalue weighted by molar-refractivity contribution is 0.417.